The van der Waals surface area contributed by atoms with Gasteiger partial charge < -0.3 is 4.90 Å². The van der Waals surface area contributed by atoms with Gasteiger partial charge in [0.05, 0.1) is 18.0 Å². The zero-order valence-electron chi connectivity index (χ0n) is 13.6. The maximum absolute atomic E-state index is 12.4. The highest BCUT2D eigenvalue weighted by molar-refractivity contribution is 7.88. The SMILES string of the molecule is C[C@H](NS(C)(=O)=O)C(=O)N1CCCN(Cc2ccccn2)CC1. The fourth-order valence-corrected chi connectivity index (χ4v) is 3.46. The second kappa shape index (κ2) is 7.85. The van der Waals surface area contributed by atoms with Gasteiger partial charge in [-0.3, -0.25) is 14.7 Å². The van der Waals surface area contributed by atoms with Crippen LogP contribution in [0, 0.1) is 0 Å². The van der Waals surface area contributed by atoms with Gasteiger partial charge in [-0.25, -0.2) is 13.1 Å². The lowest BCUT2D eigenvalue weighted by Crippen LogP contribution is -2.47. The summed E-state index contributed by atoms with van der Waals surface area (Å²) < 4.78 is 24.9. The molecule has 1 aromatic rings. The van der Waals surface area contributed by atoms with E-state index in [4.69, 9.17) is 0 Å². The Morgan fingerprint density at radius 2 is 2.09 bits per heavy atom. The Labute approximate surface area is 137 Å². The van der Waals surface area contributed by atoms with Crippen molar-refractivity contribution in [3.05, 3.63) is 30.1 Å². The third kappa shape index (κ3) is 5.89. The van der Waals surface area contributed by atoms with Crippen LogP contribution in [-0.2, 0) is 21.4 Å². The third-order valence-corrected chi connectivity index (χ3v) is 4.55. The van der Waals surface area contributed by atoms with Crippen LogP contribution in [-0.4, -0.2) is 67.6 Å². The first-order valence-electron chi connectivity index (χ1n) is 7.73. The monoisotopic (exact) mass is 340 g/mol. The highest BCUT2D eigenvalue weighted by Crippen LogP contribution is 2.08. The van der Waals surface area contributed by atoms with Crippen molar-refractivity contribution in [2.24, 2.45) is 0 Å². The summed E-state index contributed by atoms with van der Waals surface area (Å²) in [7, 11) is -3.38. The van der Waals surface area contributed by atoms with Gasteiger partial charge in [0.1, 0.15) is 0 Å². The lowest BCUT2D eigenvalue weighted by Gasteiger charge is -2.24. The van der Waals surface area contributed by atoms with Crippen LogP contribution in [0.3, 0.4) is 0 Å². The van der Waals surface area contributed by atoms with Gasteiger partial charge >= 0.3 is 0 Å². The van der Waals surface area contributed by atoms with Gasteiger partial charge in [0.15, 0.2) is 0 Å². The summed E-state index contributed by atoms with van der Waals surface area (Å²) in [6, 6.07) is 5.12. The first-order valence-corrected chi connectivity index (χ1v) is 9.62. The molecule has 23 heavy (non-hydrogen) atoms. The fourth-order valence-electron chi connectivity index (χ4n) is 2.72. The molecule has 0 spiro atoms. The molecule has 1 amide bonds. The van der Waals surface area contributed by atoms with Gasteiger partial charge in [-0.15, -0.1) is 0 Å². The predicted molar refractivity (Wildman–Crippen MR) is 88.2 cm³/mol. The maximum atomic E-state index is 12.4. The molecule has 1 fully saturated rings. The van der Waals surface area contributed by atoms with Crippen LogP contribution in [0.4, 0.5) is 0 Å². The zero-order valence-corrected chi connectivity index (χ0v) is 14.4. The summed E-state index contributed by atoms with van der Waals surface area (Å²) in [4.78, 5) is 20.7. The van der Waals surface area contributed by atoms with Crippen molar-refractivity contribution in [1.82, 2.24) is 19.5 Å². The van der Waals surface area contributed by atoms with Crippen molar-refractivity contribution in [1.29, 1.82) is 0 Å². The molecule has 1 aromatic heterocycles. The molecule has 1 N–H and O–H groups in total. The minimum atomic E-state index is -3.38. The normalized spacial score (nSPS) is 18.4. The smallest absolute Gasteiger partial charge is 0.240 e. The summed E-state index contributed by atoms with van der Waals surface area (Å²) in [5.74, 6) is -0.171. The standard InChI is InChI=1S/C15H24N4O3S/c1-13(17-23(2,21)22)15(20)19-9-5-8-18(10-11-19)12-14-6-3-4-7-16-14/h3-4,6-7,13,17H,5,8-12H2,1-2H3/t13-/m0/s1. The van der Waals surface area contributed by atoms with Gasteiger partial charge in [-0.1, -0.05) is 6.07 Å². The number of rotatable bonds is 5. The zero-order chi connectivity index (χ0) is 16.9. The van der Waals surface area contributed by atoms with Crippen molar-refractivity contribution in [2.75, 3.05) is 32.4 Å². The molecule has 1 atom stereocenters. The first-order chi connectivity index (χ1) is 10.8. The molecule has 128 valence electrons. The number of pyridine rings is 1. The second-order valence-corrected chi connectivity index (χ2v) is 7.67. The van der Waals surface area contributed by atoms with E-state index in [1.807, 2.05) is 18.2 Å². The molecule has 0 saturated carbocycles. The van der Waals surface area contributed by atoms with E-state index in [1.165, 1.54) is 0 Å². The quantitative estimate of drug-likeness (QED) is 0.819. The minimum Gasteiger partial charge on any atom is -0.340 e. The Kier molecular flexibility index (Phi) is 6.09. The van der Waals surface area contributed by atoms with Crippen molar-refractivity contribution in [3.8, 4) is 0 Å². The Balaban J connectivity index is 1.89. The number of hydrogen-bond donors (Lipinski definition) is 1. The number of aromatic nitrogens is 1. The molecule has 2 rings (SSSR count). The minimum absolute atomic E-state index is 0.171. The number of nitrogens with one attached hydrogen (secondary N) is 1. The van der Waals surface area contributed by atoms with Gasteiger partial charge in [0.2, 0.25) is 15.9 Å². The summed E-state index contributed by atoms with van der Waals surface area (Å²) in [6.45, 7) is 5.25. The highest BCUT2D eigenvalue weighted by Gasteiger charge is 2.25. The molecule has 2 heterocycles. The summed E-state index contributed by atoms with van der Waals surface area (Å²) >= 11 is 0. The lowest BCUT2D eigenvalue weighted by atomic mass is 10.3. The molecule has 0 aliphatic carbocycles. The van der Waals surface area contributed by atoms with Crippen LogP contribution in [0.2, 0.25) is 0 Å². The largest absolute Gasteiger partial charge is 0.340 e. The Morgan fingerprint density at radius 1 is 1.30 bits per heavy atom. The fraction of sp³-hybridized carbons (Fsp3) is 0.600. The average molecular weight is 340 g/mol. The molecule has 8 heteroatoms. The molecule has 0 unspecified atom stereocenters. The first kappa shape index (κ1) is 17.8. The van der Waals surface area contributed by atoms with Gasteiger partial charge in [0.25, 0.3) is 0 Å². The van der Waals surface area contributed by atoms with E-state index in [-0.39, 0.29) is 5.91 Å². The van der Waals surface area contributed by atoms with Crippen LogP contribution >= 0.6 is 0 Å². The number of amides is 1. The second-order valence-electron chi connectivity index (χ2n) is 5.89. The molecular formula is C15H24N4O3S. The molecular weight excluding hydrogens is 316 g/mol. The van der Waals surface area contributed by atoms with E-state index >= 15 is 0 Å². The summed E-state index contributed by atoms with van der Waals surface area (Å²) in [6.07, 6.45) is 3.71. The lowest BCUT2D eigenvalue weighted by molar-refractivity contribution is -0.132. The molecule has 1 saturated heterocycles. The Bertz CT molecular complexity index is 621. The van der Waals surface area contributed by atoms with Crippen molar-refractivity contribution < 1.29 is 13.2 Å². The van der Waals surface area contributed by atoms with Crippen LogP contribution in [0.25, 0.3) is 0 Å². The summed E-state index contributed by atoms with van der Waals surface area (Å²) in [5, 5.41) is 0. The van der Waals surface area contributed by atoms with Crippen LogP contribution in [0.5, 0.6) is 0 Å². The third-order valence-electron chi connectivity index (χ3n) is 3.77. The molecule has 1 aliphatic rings. The van der Waals surface area contributed by atoms with E-state index in [2.05, 4.69) is 14.6 Å². The van der Waals surface area contributed by atoms with E-state index in [0.29, 0.717) is 13.1 Å². The highest BCUT2D eigenvalue weighted by atomic mass is 32.2. The van der Waals surface area contributed by atoms with E-state index in [1.54, 1.807) is 18.0 Å². The van der Waals surface area contributed by atoms with Gasteiger partial charge in [0, 0.05) is 38.9 Å². The number of carbonyl (C=O) groups is 1. The number of sulfonamides is 1. The van der Waals surface area contributed by atoms with Crippen molar-refractivity contribution in [3.63, 3.8) is 0 Å². The van der Waals surface area contributed by atoms with E-state index < -0.39 is 16.1 Å². The molecule has 0 bridgehead atoms. The average Bonchev–Trinajstić information content (AvgIpc) is 2.71. The number of nitrogens with zero attached hydrogens (tertiary/aromatic N) is 3. The van der Waals surface area contributed by atoms with Crippen molar-refractivity contribution >= 4 is 15.9 Å². The van der Waals surface area contributed by atoms with Crippen LogP contribution < -0.4 is 4.72 Å². The topological polar surface area (TPSA) is 82.6 Å². The van der Waals surface area contributed by atoms with Crippen molar-refractivity contribution in [2.45, 2.75) is 25.9 Å². The van der Waals surface area contributed by atoms with Crippen LogP contribution in [0.15, 0.2) is 24.4 Å². The molecule has 1 aliphatic heterocycles. The van der Waals surface area contributed by atoms with Crippen LogP contribution in [0.1, 0.15) is 19.0 Å². The summed E-state index contributed by atoms with van der Waals surface area (Å²) in [5.41, 5.74) is 1.01. The van der Waals surface area contributed by atoms with Gasteiger partial charge in [-0.2, -0.15) is 0 Å². The van der Waals surface area contributed by atoms with E-state index in [0.717, 1.165) is 38.0 Å². The van der Waals surface area contributed by atoms with E-state index in [9.17, 15) is 13.2 Å². The molecule has 0 aromatic carbocycles. The molecule has 0 radical (unpaired) electrons. The number of hydrogen-bond acceptors (Lipinski definition) is 5. The maximum Gasteiger partial charge on any atom is 0.240 e. The Hall–Kier alpha value is -1.51. The number of carbonyl (C=O) groups excluding carboxylic acids is 1. The molecule has 7 nitrogen and oxygen atoms in total. The predicted octanol–water partition coefficient (Wildman–Crippen LogP) is 0.0536. The van der Waals surface area contributed by atoms with Gasteiger partial charge in [-0.05, 0) is 25.5 Å². The Morgan fingerprint density at radius 3 is 2.74 bits per heavy atom.